The molecule has 0 spiro atoms. The third-order valence-corrected chi connectivity index (χ3v) is 6.16. The number of hydrogen-bond acceptors (Lipinski definition) is 9. The molecular formula is C22H29N5O5. The van der Waals surface area contributed by atoms with Crippen molar-refractivity contribution in [3.63, 3.8) is 0 Å². The van der Waals surface area contributed by atoms with Crippen LogP contribution in [-0.4, -0.2) is 78.6 Å². The van der Waals surface area contributed by atoms with Crippen molar-refractivity contribution in [2.75, 3.05) is 56.6 Å². The molecule has 2 saturated heterocycles. The number of amides is 1. The second-order valence-corrected chi connectivity index (χ2v) is 8.46. The number of aromatic nitrogens is 1. The van der Waals surface area contributed by atoms with Gasteiger partial charge in [0, 0.05) is 18.8 Å². The normalized spacial score (nSPS) is 19.6. The van der Waals surface area contributed by atoms with Crippen LogP contribution in [0.1, 0.15) is 25.3 Å². The second-order valence-electron chi connectivity index (χ2n) is 8.46. The van der Waals surface area contributed by atoms with Crippen molar-refractivity contribution in [2.45, 2.75) is 32.4 Å². The predicted molar refractivity (Wildman–Crippen MR) is 120 cm³/mol. The SMILES string of the molecule is Cc1c(NC(=O)CN2CCCC2)ccc2nc(N[C@](C)(C=O)N3CCOCC3)oc(=O)c12. The number of aryl methyl sites for hydroxylation is 1. The summed E-state index contributed by atoms with van der Waals surface area (Å²) in [6.45, 7) is 7.83. The summed E-state index contributed by atoms with van der Waals surface area (Å²) in [4.78, 5) is 45.5. The molecule has 4 rings (SSSR count). The van der Waals surface area contributed by atoms with Crippen LogP contribution in [0.2, 0.25) is 0 Å². The van der Waals surface area contributed by atoms with E-state index in [9.17, 15) is 14.4 Å². The molecule has 2 aliphatic heterocycles. The number of aldehydes is 1. The fraction of sp³-hybridized carbons (Fsp3) is 0.545. The summed E-state index contributed by atoms with van der Waals surface area (Å²) in [5, 5.41) is 6.16. The van der Waals surface area contributed by atoms with Crippen LogP contribution in [0.15, 0.2) is 21.3 Å². The van der Waals surface area contributed by atoms with Gasteiger partial charge in [-0.2, -0.15) is 4.98 Å². The van der Waals surface area contributed by atoms with Crippen molar-refractivity contribution in [1.82, 2.24) is 14.8 Å². The largest absolute Gasteiger partial charge is 0.389 e. The molecule has 0 unspecified atom stereocenters. The van der Waals surface area contributed by atoms with Gasteiger partial charge in [0.1, 0.15) is 5.66 Å². The van der Waals surface area contributed by atoms with E-state index >= 15 is 0 Å². The first-order valence-electron chi connectivity index (χ1n) is 10.9. The smallest absolute Gasteiger partial charge is 0.348 e. The van der Waals surface area contributed by atoms with Gasteiger partial charge >= 0.3 is 5.63 Å². The van der Waals surface area contributed by atoms with Crippen LogP contribution in [0, 0.1) is 6.92 Å². The van der Waals surface area contributed by atoms with Crippen LogP contribution in [0.3, 0.4) is 0 Å². The number of anilines is 2. The maximum Gasteiger partial charge on any atom is 0.348 e. The molecule has 10 heteroatoms. The van der Waals surface area contributed by atoms with Gasteiger partial charge < -0.3 is 19.8 Å². The minimum absolute atomic E-state index is 0.0335. The molecule has 0 radical (unpaired) electrons. The summed E-state index contributed by atoms with van der Waals surface area (Å²) < 4.78 is 10.8. The lowest BCUT2D eigenvalue weighted by atomic mass is 10.1. The summed E-state index contributed by atoms with van der Waals surface area (Å²) >= 11 is 0. The molecule has 3 heterocycles. The molecule has 0 aliphatic carbocycles. The molecule has 0 saturated carbocycles. The Balaban J connectivity index is 1.56. The molecule has 1 amide bonds. The molecule has 2 N–H and O–H groups in total. The standard InChI is InChI=1S/C22H29N5O5/c1-15-16(23-18(29)13-26-7-3-4-8-26)5-6-17-19(15)20(30)32-21(24-17)25-22(2,14-28)27-9-11-31-12-10-27/h5-6,14H,3-4,7-13H2,1-2H3,(H,23,29)(H,24,25)/t22-/m0/s1. The Morgan fingerprint density at radius 3 is 2.62 bits per heavy atom. The molecule has 2 fully saturated rings. The molecule has 1 aromatic heterocycles. The fourth-order valence-corrected chi connectivity index (χ4v) is 4.27. The Bertz CT molecular complexity index is 1060. The van der Waals surface area contributed by atoms with Crippen molar-refractivity contribution in [3.8, 4) is 0 Å². The number of hydrogen-bond donors (Lipinski definition) is 2. The third kappa shape index (κ3) is 4.67. The molecule has 2 aromatic rings. The number of morpholine rings is 1. The zero-order chi connectivity index (χ0) is 22.7. The predicted octanol–water partition coefficient (Wildman–Crippen LogP) is 1.19. The van der Waals surface area contributed by atoms with Gasteiger partial charge in [0.05, 0.1) is 30.7 Å². The van der Waals surface area contributed by atoms with Crippen LogP contribution in [-0.2, 0) is 14.3 Å². The van der Waals surface area contributed by atoms with Crippen LogP contribution in [0.25, 0.3) is 10.9 Å². The Morgan fingerprint density at radius 2 is 1.94 bits per heavy atom. The van der Waals surface area contributed by atoms with E-state index in [1.165, 1.54) is 0 Å². The lowest BCUT2D eigenvalue weighted by Gasteiger charge is -2.39. The molecule has 1 aromatic carbocycles. The Morgan fingerprint density at radius 1 is 1.22 bits per heavy atom. The number of carbonyl (C=O) groups is 2. The quantitative estimate of drug-likeness (QED) is 0.609. The number of rotatable bonds is 7. The van der Waals surface area contributed by atoms with E-state index < -0.39 is 11.3 Å². The highest BCUT2D eigenvalue weighted by atomic mass is 16.5. The zero-order valence-corrected chi connectivity index (χ0v) is 18.5. The monoisotopic (exact) mass is 443 g/mol. The molecular weight excluding hydrogens is 414 g/mol. The van der Waals surface area contributed by atoms with Crippen molar-refractivity contribution < 1.29 is 18.7 Å². The second kappa shape index (κ2) is 9.35. The van der Waals surface area contributed by atoms with Gasteiger partial charge in [-0.15, -0.1) is 0 Å². The number of likely N-dealkylation sites (tertiary alicyclic amines) is 1. The molecule has 1 atom stereocenters. The van der Waals surface area contributed by atoms with Gasteiger partial charge in [-0.1, -0.05) is 0 Å². The summed E-state index contributed by atoms with van der Waals surface area (Å²) in [5.41, 5.74) is -0.0901. The molecule has 172 valence electrons. The average molecular weight is 444 g/mol. The Hall–Kier alpha value is -2.82. The minimum Gasteiger partial charge on any atom is -0.389 e. The number of fused-ring (bicyclic) bond motifs is 1. The minimum atomic E-state index is -1.08. The van der Waals surface area contributed by atoms with E-state index in [4.69, 9.17) is 9.15 Å². The molecule has 0 bridgehead atoms. The summed E-state index contributed by atoms with van der Waals surface area (Å²) in [7, 11) is 0. The first-order valence-corrected chi connectivity index (χ1v) is 10.9. The van der Waals surface area contributed by atoms with Crippen LogP contribution >= 0.6 is 0 Å². The van der Waals surface area contributed by atoms with Gasteiger partial charge in [-0.05, 0) is 57.5 Å². The number of nitrogens with one attached hydrogen (secondary N) is 2. The number of nitrogens with zero attached hydrogens (tertiary/aromatic N) is 3. The summed E-state index contributed by atoms with van der Waals surface area (Å²) in [5.74, 6) is -0.114. The maximum absolute atomic E-state index is 12.8. The Labute approximate surface area is 185 Å². The van der Waals surface area contributed by atoms with Gasteiger partial charge in [0.25, 0.3) is 6.01 Å². The Kier molecular flexibility index (Phi) is 6.54. The first-order chi connectivity index (χ1) is 15.4. The fourth-order valence-electron chi connectivity index (χ4n) is 4.27. The average Bonchev–Trinajstić information content (AvgIpc) is 3.29. The van der Waals surface area contributed by atoms with Crippen molar-refractivity contribution >= 4 is 34.8 Å². The van der Waals surface area contributed by atoms with E-state index in [0.29, 0.717) is 55.0 Å². The number of carbonyl (C=O) groups excluding carboxylic acids is 2. The lowest BCUT2D eigenvalue weighted by molar-refractivity contribution is -0.119. The van der Waals surface area contributed by atoms with Crippen LogP contribution < -0.4 is 16.3 Å². The number of benzene rings is 1. The summed E-state index contributed by atoms with van der Waals surface area (Å²) in [6, 6.07) is 3.37. The topological polar surface area (TPSA) is 117 Å². The van der Waals surface area contributed by atoms with Gasteiger partial charge in [0.2, 0.25) is 5.91 Å². The molecule has 2 aliphatic rings. The highest BCUT2D eigenvalue weighted by Crippen LogP contribution is 2.25. The van der Waals surface area contributed by atoms with Gasteiger partial charge in [0.15, 0.2) is 6.29 Å². The van der Waals surface area contributed by atoms with Crippen molar-refractivity contribution in [2.24, 2.45) is 0 Å². The van der Waals surface area contributed by atoms with Gasteiger partial charge in [-0.3, -0.25) is 19.4 Å². The van der Waals surface area contributed by atoms with Crippen LogP contribution in [0.4, 0.5) is 11.7 Å². The highest BCUT2D eigenvalue weighted by molar-refractivity contribution is 5.96. The first kappa shape index (κ1) is 22.4. The lowest BCUT2D eigenvalue weighted by Crippen LogP contribution is -2.57. The van der Waals surface area contributed by atoms with E-state index in [0.717, 1.165) is 32.2 Å². The van der Waals surface area contributed by atoms with E-state index in [-0.39, 0.29) is 11.9 Å². The van der Waals surface area contributed by atoms with Crippen molar-refractivity contribution in [3.05, 3.63) is 28.1 Å². The molecule has 10 nitrogen and oxygen atoms in total. The van der Waals surface area contributed by atoms with Gasteiger partial charge in [-0.25, -0.2) is 4.79 Å². The number of ether oxygens (including phenoxy) is 1. The van der Waals surface area contributed by atoms with E-state index in [1.54, 1.807) is 26.0 Å². The third-order valence-electron chi connectivity index (χ3n) is 6.16. The maximum atomic E-state index is 12.8. The zero-order valence-electron chi connectivity index (χ0n) is 18.5. The van der Waals surface area contributed by atoms with Crippen molar-refractivity contribution in [1.29, 1.82) is 0 Å². The summed E-state index contributed by atoms with van der Waals surface area (Å²) in [6.07, 6.45) is 2.99. The molecule has 32 heavy (non-hydrogen) atoms. The van der Waals surface area contributed by atoms with Crippen LogP contribution in [0.5, 0.6) is 0 Å². The highest BCUT2D eigenvalue weighted by Gasteiger charge is 2.34. The van der Waals surface area contributed by atoms with E-state index in [2.05, 4.69) is 20.5 Å². The van der Waals surface area contributed by atoms with E-state index in [1.807, 2.05) is 4.90 Å².